The van der Waals surface area contributed by atoms with Crippen molar-refractivity contribution in [2.75, 3.05) is 32.4 Å². The van der Waals surface area contributed by atoms with E-state index in [2.05, 4.69) is 32.6 Å². The average molecular weight is 560 g/mol. The van der Waals surface area contributed by atoms with E-state index in [0.29, 0.717) is 27.2 Å². The van der Waals surface area contributed by atoms with E-state index in [1.165, 1.54) is 14.2 Å². The number of esters is 1. The highest BCUT2D eigenvalue weighted by molar-refractivity contribution is 9.10. The molecule has 0 fully saturated rings. The molecule has 0 spiro atoms. The number of methoxy groups -OCH3 is 3. The van der Waals surface area contributed by atoms with Crippen LogP contribution in [-0.2, 0) is 19.1 Å². The Morgan fingerprint density at radius 3 is 2.43 bits per heavy atom. The number of carbonyl (C=O) groups excluding carboxylic acids is 3. The monoisotopic (exact) mass is 559 g/mol. The van der Waals surface area contributed by atoms with E-state index in [4.69, 9.17) is 14.2 Å². The van der Waals surface area contributed by atoms with Crippen molar-refractivity contribution in [1.29, 1.82) is 5.26 Å². The van der Waals surface area contributed by atoms with Crippen LogP contribution in [0.3, 0.4) is 0 Å². The number of hydrogen-bond acceptors (Lipinski definition) is 8. The standard InChI is InChI=1S/C24H22BrN3O6S/c1-32-15-7-5-14(6-8-15)27-19(29)12-35-23-16(11-26)20(21(22(30)28-23)24(31)34-3)13-4-9-18(33-2)17(25)10-13/h4-10,20-21H,12H2,1-3H3,(H,27,29)(H,28,30)/t20-,21-/m1/s1. The molecule has 0 bridgehead atoms. The number of carbonyl (C=O) groups is 3. The number of ether oxygens (including phenoxy) is 3. The summed E-state index contributed by atoms with van der Waals surface area (Å²) in [5.41, 5.74) is 1.27. The van der Waals surface area contributed by atoms with Gasteiger partial charge in [0, 0.05) is 11.6 Å². The summed E-state index contributed by atoms with van der Waals surface area (Å²) in [5.74, 6) is -2.77. The minimum Gasteiger partial charge on any atom is -0.497 e. The van der Waals surface area contributed by atoms with Crippen molar-refractivity contribution < 1.29 is 28.6 Å². The number of rotatable bonds is 8. The summed E-state index contributed by atoms with van der Waals surface area (Å²) in [6, 6.07) is 14.0. The molecule has 2 atom stereocenters. The smallest absolute Gasteiger partial charge is 0.319 e. The zero-order valence-electron chi connectivity index (χ0n) is 19.1. The van der Waals surface area contributed by atoms with Gasteiger partial charge in [0.05, 0.1) is 48.2 Å². The number of anilines is 1. The maximum Gasteiger partial charge on any atom is 0.319 e. The van der Waals surface area contributed by atoms with Crippen molar-refractivity contribution in [3.63, 3.8) is 0 Å². The predicted octanol–water partition coefficient (Wildman–Crippen LogP) is 3.58. The van der Waals surface area contributed by atoms with Crippen LogP contribution in [0.4, 0.5) is 5.69 Å². The molecule has 1 aliphatic rings. The second kappa shape index (κ2) is 11.8. The van der Waals surface area contributed by atoms with Crippen LogP contribution in [0.25, 0.3) is 0 Å². The maximum atomic E-state index is 12.9. The number of halogens is 1. The lowest BCUT2D eigenvalue weighted by atomic mass is 9.78. The van der Waals surface area contributed by atoms with Crippen molar-refractivity contribution >= 4 is 51.2 Å². The Labute approximate surface area is 214 Å². The zero-order chi connectivity index (χ0) is 25.5. The van der Waals surface area contributed by atoms with Crippen LogP contribution in [0.5, 0.6) is 11.5 Å². The maximum absolute atomic E-state index is 12.9. The third kappa shape index (κ3) is 5.96. The number of allylic oxidation sites excluding steroid dienone is 1. The van der Waals surface area contributed by atoms with Gasteiger partial charge in [-0.3, -0.25) is 14.4 Å². The molecule has 0 aliphatic carbocycles. The molecular weight excluding hydrogens is 538 g/mol. The number of thioether (sulfide) groups is 1. The summed E-state index contributed by atoms with van der Waals surface area (Å²) >= 11 is 4.40. The number of hydrogen-bond donors (Lipinski definition) is 2. The highest BCUT2D eigenvalue weighted by Crippen LogP contribution is 2.42. The predicted molar refractivity (Wildman–Crippen MR) is 134 cm³/mol. The summed E-state index contributed by atoms with van der Waals surface area (Å²) < 4.78 is 15.8. The van der Waals surface area contributed by atoms with E-state index in [0.717, 1.165) is 11.8 Å². The average Bonchev–Trinajstić information content (AvgIpc) is 2.86. The van der Waals surface area contributed by atoms with Gasteiger partial charge in [0.15, 0.2) is 0 Å². The van der Waals surface area contributed by atoms with Crippen molar-refractivity contribution in [2.24, 2.45) is 5.92 Å². The molecule has 2 N–H and O–H groups in total. The van der Waals surface area contributed by atoms with E-state index < -0.39 is 23.7 Å². The molecule has 3 rings (SSSR count). The lowest BCUT2D eigenvalue weighted by Crippen LogP contribution is -2.44. The van der Waals surface area contributed by atoms with Gasteiger partial charge in [-0.1, -0.05) is 17.8 Å². The van der Waals surface area contributed by atoms with Crippen LogP contribution in [0, 0.1) is 17.2 Å². The van der Waals surface area contributed by atoms with E-state index in [-0.39, 0.29) is 22.3 Å². The molecule has 0 saturated heterocycles. The minimum absolute atomic E-state index is 0.0747. The number of nitrogens with zero attached hydrogens (tertiary/aromatic N) is 1. The fraction of sp³-hybridized carbons (Fsp3) is 0.250. The molecule has 2 aromatic rings. The first-order valence-corrected chi connectivity index (χ1v) is 12.0. The first-order valence-electron chi connectivity index (χ1n) is 10.3. The second-order valence-corrected chi connectivity index (χ2v) is 9.12. The quantitative estimate of drug-likeness (QED) is 0.371. The summed E-state index contributed by atoms with van der Waals surface area (Å²) in [6.45, 7) is 0. The van der Waals surface area contributed by atoms with Crippen molar-refractivity contribution in [3.05, 3.63) is 63.1 Å². The Balaban J connectivity index is 1.89. The third-order valence-corrected chi connectivity index (χ3v) is 6.88. The SMILES string of the molecule is COC(=O)[C@H]1C(=O)NC(SCC(=O)Nc2ccc(OC)cc2)=C(C#N)[C@H]1c1ccc(OC)c(Br)c1. The van der Waals surface area contributed by atoms with Crippen LogP contribution in [0.15, 0.2) is 57.5 Å². The fourth-order valence-electron chi connectivity index (χ4n) is 3.56. The molecule has 9 nitrogen and oxygen atoms in total. The van der Waals surface area contributed by atoms with Crippen molar-refractivity contribution in [1.82, 2.24) is 5.32 Å². The highest BCUT2D eigenvalue weighted by Gasteiger charge is 2.44. The van der Waals surface area contributed by atoms with Gasteiger partial charge in [-0.15, -0.1) is 0 Å². The van der Waals surface area contributed by atoms with E-state index >= 15 is 0 Å². The Kier molecular flexibility index (Phi) is 8.78. The number of nitrogens with one attached hydrogen (secondary N) is 2. The van der Waals surface area contributed by atoms with Gasteiger partial charge in [0.25, 0.3) is 0 Å². The summed E-state index contributed by atoms with van der Waals surface area (Å²) in [6.07, 6.45) is 0. The summed E-state index contributed by atoms with van der Waals surface area (Å²) in [5, 5.41) is 15.6. The number of benzene rings is 2. The Bertz CT molecular complexity index is 1210. The normalized spacial score (nSPS) is 17.2. The molecule has 182 valence electrons. The molecule has 2 amide bonds. The highest BCUT2D eigenvalue weighted by atomic mass is 79.9. The zero-order valence-corrected chi connectivity index (χ0v) is 21.5. The molecular formula is C24H22BrN3O6S. The van der Waals surface area contributed by atoms with E-state index in [9.17, 15) is 19.6 Å². The van der Waals surface area contributed by atoms with E-state index in [1.807, 2.05) is 0 Å². The molecule has 0 radical (unpaired) electrons. The first kappa shape index (κ1) is 26.1. The minimum atomic E-state index is -1.27. The van der Waals surface area contributed by atoms with Gasteiger partial charge in [-0.25, -0.2) is 0 Å². The van der Waals surface area contributed by atoms with E-state index in [1.54, 1.807) is 49.6 Å². The fourth-order valence-corrected chi connectivity index (χ4v) is 4.97. The topological polar surface area (TPSA) is 127 Å². The summed E-state index contributed by atoms with van der Waals surface area (Å²) in [4.78, 5) is 38.0. The van der Waals surface area contributed by atoms with Crippen LogP contribution in [0.1, 0.15) is 11.5 Å². The van der Waals surface area contributed by atoms with Gasteiger partial charge in [-0.2, -0.15) is 5.26 Å². The summed E-state index contributed by atoms with van der Waals surface area (Å²) in [7, 11) is 4.24. The van der Waals surface area contributed by atoms with Gasteiger partial charge in [0.1, 0.15) is 17.4 Å². The molecule has 35 heavy (non-hydrogen) atoms. The third-order valence-electron chi connectivity index (χ3n) is 5.24. The van der Waals surface area contributed by atoms with Crippen LogP contribution in [-0.4, -0.2) is 44.9 Å². The molecule has 11 heteroatoms. The Morgan fingerprint density at radius 2 is 1.86 bits per heavy atom. The van der Waals surface area contributed by atoms with Crippen molar-refractivity contribution in [3.8, 4) is 17.6 Å². The second-order valence-electron chi connectivity index (χ2n) is 7.28. The molecule has 1 heterocycles. The molecule has 0 aromatic heterocycles. The molecule has 2 aromatic carbocycles. The number of amides is 2. The van der Waals surface area contributed by atoms with Gasteiger partial charge >= 0.3 is 5.97 Å². The lowest BCUT2D eigenvalue weighted by molar-refractivity contribution is -0.150. The molecule has 0 unspecified atom stereocenters. The molecule has 0 saturated carbocycles. The van der Waals surface area contributed by atoms with Crippen LogP contribution in [0.2, 0.25) is 0 Å². The van der Waals surface area contributed by atoms with Crippen LogP contribution < -0.4 is 20.1 Å². The Morgan fingerprint density at radius 1 is 1.14 bits per heavy atom. The lowest BCUT2D eigenvalue weighted by Gasteiger charge is -2.31. The number of nitriles is 1. The van der Waals surface area contributed by atoms with Gasteiger partial charge in [-0.05, 0) is 57.9 Å². The van der Waals surface area contributed by atoms with Crippen LogP contribution >= 0.6 is 27.7 Å². The Hall–Kier alpha value is -3.49. The largest absolute Gasteiger partial charge is 0.497 e. The van der Waals surface area contributed by atoms with Gasteiger partial charge < -0.3 is 24.8 Å². The van der Waals surface area contributed by atoms with Crippen molar-refractivity contribution in [2.45, 2.75) is 5.92 Å². The molecule has 1 aliphatic heterocycles. The van der Waals surface area contributed by atoms with Gasteiger partial charge in [0.2, 0.25) is 11.8 Å². The first-order chi connectivity index (χ1) is 16.8.